The van der Waals surface area contributed by atoms with Gasteiger partial charge in [-0.1, -0.05) is 47.5 Å². The molecule has 1 amide bonds. The van der Waals surface area contributed by atoms with Gasteiger partial charge in [-0.25, -0.2) is 0 Å². The molecule has 0 spiro atoms. The number of nitrogens with zero attached hydrogens (tertiary/aromatic N) is 4. The number of ether oxygens (including phenoxy) is 2. The lowest BCUT2D eigenvalue weighted by molar-refractivity contribution is -0.141. The number of benzene rings is 4. The van der Waals surface area contributed by atoms with Crippen LogP contribution >= 0.6 is 23.2 Å². The molecule has 0 aromatic heterocycles. The number of carbonyl (C=O) groups is 2. The number of aliphatic carboxylic acids is 1. The van der Waals surface area contributed by atoms with E-state index < -0.39 is 18.2 Å². The molecule has 4 aromatic rings. The number of carbonyl (C=O) groups excluding carboxylic acids is 1. The van der Waals surface area contributed by atoms with Crippen molar-refractivity contribution in [3.05, 3.63) is 118 Å². The summed E-state index contributed by atoms with van der Waals surface area (Å²) in [7, 11) is 0. The molecule has 10 rings (SSSR count). The molecule has 4 aromatic carbocycles. The van der Waals surface area contributed by atoms with Crippen LogP contribution in [0.5, 0.6) is 11.5 Å². The van der Waals surface area contributed by atoms with E-state index in [0.717, 1.165) is 118 Å². The van der Waals surface area contributed by atoms with E-state index in [2.05, 4.69) is 24.9 Å². The topological polar surface area (TPSA) is 164 Å². The fourth-order valence-corrected chi connectivity index (χ4v) is 9.82. The van der Waals surface area contributed by atoms with Crippen LogP contribution in [0.25, 0.3) is 0 Å². The molecule has 374 valence electrons. The Kier molecular flexibility index (Phi) is 18.0. The summed E-state index contributed by atoms with van der Waals surface area (Å²) >= 11 is 11.8. The van der Waals surface area contributed by atoms with Gasteiger partial charge < -0.3 is 55.4 Å². The third-order valence-electron chi connectivity index (χ3n) is 14.0. The van der Waals surface area contributed by atoms with Gasteiger partial charge in [0.1, 0.15) is 17.6 Å². The molecule has 2 saturated carbocycles. The Bertz CT molecular complexity index is 2230. The van der Waals surface area contributed by atoms with Crippen molar-refractivity contribution in [3.8, 4) is 11.5 Å². The Morgan fingerprint density at radius 2 is 1.01 bits per heavy atom. The Labute approximate surface area is 418 Å². The number of halogens is 2. The third-order valence-corrected chi connectivity index (χ3v) is 14.5. The van der Waals surface area contributed by atoms with Crippen molar-refractivity contribution in [3.63, 3.8) is 0 Å². The first kappa shape index (κ1) is 50.8. The number of hydrogen-bond acceptors (Lipinski definition) is 11. The molecule has 13 nitrogen and oxygen atoms in total. The molecule has 6 fully saturated rings. The molecule has 6 aliphatic rings. The van der Waals surface area contributed by atoms with Crippen LogP contribution in [0, 0.1) is 11.8 Å². The molecular formula is C54H72Cl2N6O7. The van der Waals surface area contributed by atoms with Crippen molar-refractivity contribution in [1.29, 1.82) is 0 Å². The van der Waals surface area contributed by atoms with Gasteiger partial charge in [0, 0.05) is 68.2 Å². The smallest absolute Gasteiger partial charge is 0.308 e. The second-order valence-electron chi connectivity index (χ2n) is 19.6. The highest BCUT2D eigenvalue weighted by Crippen LogP contribution is 2.31. The zero-order chi connectivity index (χ0) is 48.3. The van der Waals surface area contributed by atoms with Crippen molar-refractivity contribution >= 4 is 46.5 Å². The third kappa shape index (κ3) is 15.2. The minimum absolute atomic E-state index is 0. The van der Waals surface area contributed by atoms with Gasteiger partial charge in [-0.2, -0.15) is 0 Å². The summed E-state index contributed by atoms with van der Waals surface area (Å²) in [6.45, 7) is 8.57. The number of rotatable bonds is 17. The summed E-state index contributed by atoms with van der Waals surface area (Å²) < 4.78 is 11.5. The van der Waals surface area contributed by atoms with Gasteiger partial charge in [0.25, 0.3) is 0 Å². The predicted octanol–water partition coefficient (Wildman–Crippen LogP) is 8.20. The van der Waals surface area contributed by atoms with Crippen molar-refractivity contribution in [1.82, 2.24) is 15.1 Å². The Balaban J connectivity index is 0.000000170. The number of aliphatic hydroxyl groups is 2. The van der Waals surface area contributed by atoms with Crippen molar-refractivity contribution in [2.24, 2.45) is 17.6 Å². The van der Waals surface area contributed by atoms with Crippen LogP contribution in [-0.4, -0.2) is 127 Å². The summed E-state index contributed by atoms with van der Waals surface area (Å²) in [4.78, 5) is 33.0. The molecule has 2 aliphatic carbocycles. The molecule has 6 atom stereocenters. The van der Waals surface area contributed by atoms with Crippen molar-refractivity contribution < 1.29 is 35.8 Å². The molecule has 4 aliphatic heterocycles. The molecule has 0 radical (unpaired) electrons. The van der Waals surface area contributed by atoms with E-state index >= 15 is 0 Å². The number of nitrogens with one attached hydrogen (secondary N) is 1. The summed E-state index contributed by atoms with van der Waals surface area (Å²) in [5.41, 5.74) is 9.95. The number of aliphatic hydroxyl groups excluding tert-OH is 2. The maximum atomic E-state index is 13.3. The lowest BCUT2D eigenvalue weighted by atomic mass is 10.00. The average Bonchev–Trinajstić information content (AvgIpc) is 3.96. The monoisotopic (exact) mass is 986 g/mol. The molecule has 4 saturated heterocycles. The van der Waals surface area contributed by atoms with Crippen molar-refractivity contribution in [2.75, 3.05) is 75.2 Å². The summed E-state index contributed by atoms with van der Waals surface area (Å²) in [6.07, 6.45) is 10.3. The van der Waals surface area contributed by atoms with E-state index in [0.29, 0.717) is 41.9 Å². The maximum absolute atomic E-state index is 13.3. The van der Waals surface area contributed by atoms with Crippen LogP contribution in [0.15, 0.2) is 97.1 Å². The van der Waals surface area contributed by atoms with Crippen molar-refractivity contribution in [2.45, 2.75) is 101 Å². The van der Waals surface area contributed by atoms with Gasteiger partial charge in [-0.05, 0) is 174 Å². The molecule has 69 heavy (non-hydrogen) atoms. The van der Waals surface area contributed by atoms with Crippen LogP contribution in [0.4, 0.5) is 11.4 Å². The fourth-order valence-electron chi connectivity index (χ4n) is 9.56. The summed E-state index contributed by atoms with van der Waals surface area (Å²) in [5, 5.41) is 35.1. The van der Waals surface area contributed by atoms with Crippen LogP contribution in [0.2, 0.25) is 10.0 Å². The van der Waals surface area contributed by atoms with E-state index in [4.69, 9.17) is 43.5 Å². The molecule has 6 N–H and O–H groups in total. The first-order valence-electron chi connectivity index (χ1n) is 25.1. The number of hydrogen-bond donors (Lipinski definition) is 5. The minimum Gasteiger partial charge on any atom is -0.490 e. The maximum Gasteiger partial charge on any atom is 0.308 e. The van der Waals surface area contributed by atoms with E-state index in [1.54, 1.807) is 0 Å². The second kappa shape index (κ2) is 24.5. The molecule has 0 unspecified atom stereocenters. The second-order valence-corrected chi connectivity index (χ2v) is 20.5. The van der Waals surface area contributed by atoms with Crippen LogP contribution in [-0.2, 0) is 9.59 Å². The lowest BCUT2D eigenvalue weighted by Gasteiger charge is -2.30. The van der Waals surface area contributed by atoms with Gasteiger partial charge in [0.15, 0.2) is 0 Å². The number of carboxylic acids is 1. The highest BCUT2D eigenvalue weighted by Gasteiger charge is 2.34. The predicted molar refractivity (Wildman–Crippen MR) is 275 cm³/mol. The zero-order valence-electron chi connectivity index (χ0n) is 39.6. The SMILES string of the molecule is N[C@H](CN1CCCC1)[C@H](O)c1ccc(OC2CC2)cc1.O=C(N[C@H](CN1CCCC1)[C@H](O)c1ccc(OC2CC2)cc1)[C@@H]1CCN(c2ccc(Cl)cc2)C1.O=C(O)[C@@H]1CCN(c2ccc(Cl)cc2)C1.[HH]. The summed E-state index contributed by atoms with van der Waals surface area (Å²) in [5.74, 6) is 0.710. The van der Waals surface area contributed by atoms with E-state index in [-0.39, 0.29) is 31.3 Å². The number of likely N-dealkylation sites (tertiary alicyclic amines) is 2. The number of anilines is 2. The minimum atomic E-state index is -0.770. The Morgan fingerprint density at radius 3 is 1.45 bits per heavy atom. The van der Waals surface area contributed by atoms with Gasteiger partial charge in [0.2, 0.25) is 5.91 Å². The first-order valence-corrected chi connectivity index (χ1v) is 25.8. The van der Waals surface area contributed by atoms with E-state index in [9.17, 15) is 19.8 Å². The fraction of sp³-hybridized carbons (Fsp3) is 0.519. The van der Waals surface area contributed by atoms with Gasteiger partial charge in [-0.15, -0.1) is 0 Å². The van der Waals surface area contributed by atoms with E-state index in [1.807, 2.05) is 97.1 Å². The summed E-state index contributed by atoms with van der Waals surface area (Å²) in [6, 6.07) is 30.1. The van der Waals surface area contributed by atoms with Gasteiger partial charge in [0.05, 0.1) is 36.2 Å². The highest BCUT2D eigenvalue weighted by molar-refractivity contribution is 6.30. The molecule has 15 heteroatoms. The quantitative estimate of drug-likeness (QED) is 0.0691. The average molecular weight is 988 g/mol. The Morgan fingerprint density at radius 1 is 0.594 bits per heavy atom. The normalized spacial score (nSPS) is 22.2. The lowest BCUT2D eigenvalue weighted by Crippen LogP contribution is -2.48. The molecule has 0 bridgehead atoms. The van der Waals surface area contributed by atoms with Gasteiger partial charge in [-0.3, -0.25) is 9.59 Å². The van der Waals surface area contributed by atoms with E-state index in [1.165, 1.54) is 25.7 Å². The van der Waals surface area contributed by atoms with Crippen LogP contribution in [0.1, 0.15) is 89.0 Å². The van der Waals surface area contributed by atoms with Crippen LogP contribution < -0.4 is 30.3 Å². The number of carboxylic acid groups (broad SMARTS) is 1. The van der Waals surface area contributed by atoms with Gasteiger partial charge >= 0.3 is 5.97 Å². The largest absolute Gasteiger partial charge is 0.490 e. The standard InChI is InChI=1S/C27H34ClN3O3.C16H24N2O2.C11H12ClNO2.H2/c28-21-5-7-22(8-6-21)31-16-13-20(17-31)27(33)29-25(18-30-14-1-2-15-30)26(32)19-3-9-23(10-4-19)34-24-11-12-24;17-15(11-18-9-1-2-10-18)16(19)12-3-5-13(6-4-12)20-14-7-8-14;12-9-1-3-10(4-2-9)13-6-5-8(7-13)11(14)15;/h3-10,20,24-26,32H,1-2,11-18H2,(H,29,33);3-6,14-16,19H,1-2,7-11,17H2;1-4,8H,5-7H2,(H,14,15);1H/t20-,25-,26-;15-,16-;8-;/m111./s1. The first-order chi connectivity index (χ1) is 33.4. The zero-order valence-corrected chi connectivity index (χ0v) is 41.1. The Hall–Kier alpha value is -4.60. The molecule has 4 heterocycles. The highest BCUT2D eigenvalue weighted by atomic mass is 35.5. The molecular weight excluding hydrogens is 916 g/mol. The number of nitrogens with two attached hydrogens (primary N) is 1. The number of amides is 1. The van der Waals surface area contributed by atoms with Crippen LogP contribution in [0.3, 0.4) is 0 Å².